The summed E-state index contributed by atoms with van der Waals surface area (Å²) in [6.45, 7) is 5.33. The normalized spacial score (nSPS) is 15.9. The molecule has 6 nitrogen and oxygen atoms in total. The first kappa shape index (κ1) is 27.2. The van der Waals surface area contributed by atoms with E-state index >= 15 is 0 Å². The van der Waals surface area contributed by atoms with Crippen LogP contribution in [-0.2, 0) is 24.5 Å². The number of amides is 2. The van der Waals surface area contributed by atoms with Crippen molar-refractivity contribution >= 4 is 29.5 Å². The van der Waals surface area contributed by atoms with Crippen molar-refractivity contribution < 1.29 is 19.1 Å². The standard InChI is InChI=1S/C26H40N2O4S/c1-3-32-24(30)20-26(2,22-12-8-5-9-13-22)15-18-33-19-17-27-23(29)14-16-28-25(31)21-10-6-4-7-11-21/h5,8-9,12-13,21H,3-4,6-7,10-11,14-20H2,1-2H3,(H,27,29)(H,28,31). The van der Waals surface area contributed by atoms with Crippen molar-refractivity contribution in [2.75, 3.05) is 31.2 Å². The first-order valence-corrected chi connectivity index (χ1v) is 13.4. The molecule has 0 aliphatic heterocycles. The summed E-state index contributed by atoms with van der Waals surface area (Å²) in [5, 5.41) is 5.84. The van der Waals surface area contributed by atoms with Crippen LogP contribution >= 0.6 is 11.8 Å². The molecule has 1 atom stereocenters. The molecule has 33 heavy (non-hydrogen) atoms. The van der Waals surface area contributed by atoms with Crippen LogP contribution in [0.15, 0.2) is 30.3 Å². The molecular formula is C26H40N2O4S. The van der Waals surface area contributed by atoms with Crippen LogP contribution in [0.3, 0.4) is 0 Å². The molecule has 7 heteroatoms. The van der Waals surface area contributed by atoms with Gasteiger partial charge in [0.05, 0.1) is 13.0 Å². The third kappa shape index (κ3) is 10.2. The Morgan fingerprint density at radius 1 is 1.03 bits per heavy atom. The summed E-state index contributed by atoms with van der Waals surface area (Å²) in [5.41, 5.74) is 0.863. The molecule has 0 bridgehead atoms. The molecule has 0 saturated heterocycles. The summed E-state index contributed by atoms with van der Waals surface area (Å²) in [5.74, 6) is 1.72. The lowest BCUT2D eigenvalue weighted by Gasteiger charge is -2.29. The fraction of sp³-hybridized carbons (Fsp3) is 0.654. The Morgan fingerprint density at radius 2 is 1.76 bits per heavy atom. The molecule has 1 aliphatic carbocycles. The van der Waals surface area contributed by atoms with Crippen molar-refractivity contribution in [3.8, 4) is 0 Å². The maximum atomic E-state index is 12.2. The van der Waals surface area contributed by atoms with Gasteiger partial charge in [-0.15, -0.1) is 0 Å². The lowest BCUT2D eigenvalue weighted by molar-refractivity contribution is -0.144. The third-order valence-corrected chi connectivity index (χ3v) is 7.29. The van der Waals surface area contributed by atoms with E-state index in [-0.39, 0.29) is 29.1 Å². The van der Waals surface area contributed by atoms with Crippen LogP contribution in [0.1, 0.15) is 70.8 Å². The Labute approximate surface area is 203 Å². The molecule has 1 unspecified atom stereocenters. The average molecular weight is 477 g/mol. The van der Waals surface area contributed by atoms with E-state index in [2.05, 4.69) is 29.7 Å². The van der Waals surface area contributed by atoms with E-state index in [1.807, 2.05) is 25.1 Å². The van der Waals surface area contributed by atoms with Crippen LogP contribution < -0.4 is 10.6 Å². The predicted octanol–water partition coefficient (Wildman–Crippen LogP) is 4.22. The number of hydrogen-bond donors (Lipinski definition) is 2. The molecule has 0 heterocycles. The number of carbonyl (C=O) groups excluding carboxylic acids is 3. The van der Waals surface area contributed by atoms with Gasteiger partial charge in [-0.3, -0.25) is 14.4 Å². The Hall–Kier alpha value is -2.02. The lowest BCUT2D eigenvalue weighted by atomic mass is 9.77. The van der Waals surface area contributed by atoms with Crippen molar-refractivity contribution in [1.82, 2.24) is 10.6 Å². The van der Waals surface area contributed by atoms with Gasteiger partial charge in [0, 0.05) is 36.6 Å². The van der Waals surface area contributed by atoms with Crippen LogP contribution in [0.4, 0.5) is 0 Å². The minimum absolute atomic E-state index is 0.0315. The first-order chi connectivity index (χ1) is 15.9. The quantitative estimate of drug-likeness (QED) is 0.310. The largest absolute Gasteiger partial charge is 0.466 e. The van der Waals surface area contributed by atoms with E-state index in [0.717, 1.165) is 49.2 Å². The first-order valence-electron chi connectivity index (χ1n) is 12.3. The zero-order valence-corrected chi connectivity index (χ0v) is 21.0. The lowest BCUT2D eigenvalue weighted by Crippen LogP contribution is -2.35. The van der Waals surface area contributed by atoms with Gasteiger partial charge in [0.25, 0.3) is 0 Å². The molecule has 1 saturated carbocycles. The number of thioether (sulfide) groups is 1. The second-order valence-electron chi connectivity index (χ2n) is 9.00. The highest BCUT2D eigenvalue weighted by Gasteiger charge is 2.30. The summed E-state index contributed by atoms with van der Waals surface area (Å²) in [6.07, 6.45) is 6.94. The van der Waals surface area contributed by atoms with Crippen molar-refractivity contribution in [2.45, 2.75) is 70.6 Å². The number of esters is 1. The maximum Gasteiger partial charge on any atom is 0.306 e. The fourth-order valence-corrected chi connectivity index (χ4v) is 5.31. The van der Waals surface area contributed by atoms with Crippen LogP contribution in [0, 0.1) is 5.92 Å². The highest BCUT2D eigenvalue weighted by molar-refractivity contribution is 7.99. The Bertz CT molecular complexity index is 737. The van der Waals surface area contributed by atoms with E-state index in [1.54, 1.807) is 11.8 Å². The Morgan fingerprint density at radius 3 is 2.45 bits per heavy atom. The molecule has 0 radical (unpaired) electrons. The minimum atomic E-state index is -0.277. The zero-order valence-electron chi connectivity index (χ0n) is 20.2. The summed E-state index contributed by atoms with van der Waals surface area (Å²) in [7, 11) is 0. The fourth-order valence-electron chi connectivity index (χ4n) is 4.26. The van der Waals surface area contributed by atoms with Gasteiger partial charge >= 0.3 is 5.97 Å². The molecule has 1 fully saturated rings. The van der Waals surface area contributed by atoms with Gasteiger partial charge in [0.2, 0.25) is 11.8 Å². The maximum absolute atomic E-state index is 12.2. The minimum Gasteiger partial charge on any atom is -0.466 e. The van der Waals surface area contributed by atoms with Crippen LogP contribution in [0.2, 0.25) is 0 Å². The number of benzene rings is 1. The topological polar surface area (TPSA) is 84.5 Å². The molecule has 0 aromatic heterocycles. The van der Waals surface area contributed by atoms with Gasteiger partial charge in [-0.2, -0.15) is 11.8 Å². The van der Waals surface area contributed by atoms with Crippen molar-refractivity contribution in [3.05, 3.63) is 35.9 Å². The van der Waals surface area contributed by atoms with Gasteiger partial charge in [-0.25, -0.2) is 0 Å². The second-order valence-corrected chi connectivity index (χ2v) is 10.2. The highest BCUT2D eigenvalue weighted by atomic mass is 32.2. The molecule has 2 N–H and O–H groups in total. The highest BCUT2D eigenvalue weighted by Crippen LogP contribution is 2.33. The van der Waals surface area contributed by atoms with E-state index < -0.39 is 0 Å². The van der Waals surface area contributed by atoms with Gasteiger partial charge in [0.1, 0.15) is 0 Å². The molecule has 1 aliphatic rings. The summed E-state index contributed by atoms with van der Waals surface area (Å²) in [6, 6.07) is 10.1. The molecule has 2 amide bonds. The number of hydrogen-bond acceptors (Lipinski definition) is 5. The van der Waals surface area contributed by atoms with Crippen molar-refractivity contribution in [3.63, 3.8) is 0 Å². The van der Waals surface area contributed by atoms with Gasteiger partial charge < -0.3 is 15.4 Å². The van der Waals surface area contributed by atoms with Gasteiger partial charge in [0.15, 0.2) is 0 Å². The third-order valence-electron chi connectivity index (χ3n) is 6.30. The van der Waals surface area contributed by atoms with Crippen LogP contribution in [0.5, 0.6) is 0 Å². The molecule has 2 rings (SSSR count). The van der Waals surface area contributed by atoms with Gasteiger partial charge in [-0.05, 0) is 37.5 Å². The number of rotatable bonds is 14. The molecule has 1 aromatic carbocycles. The second kappa shape index (κ2) is 15.0. The monoisotopic (exact) mass is 476 g/mol. The van der Waals surface area contributed by atoms with E-state index in [4.69, 9.17) is 4.74 Å². The van der Waals surface area contributed by atoms with Crippen LogP contribution in [0.25, 0.3) is 0 Å². The van der Waals surface area contributed by atoms with E-state index in [9.17, 15) is 14.4 Å². The number of nitrogens with one attached hydrogen (secondary N) is 2. The molecule has 0 spiro atoms. The molecular weight excluding hydrogens is 436 g/mol. The van der Waals surface area contributed by atoms with Gasteiger partial charge in [-0.1, -0.05) is 56.5 Å². The van der Waals surface area contributed by atoms with Crippen molar-refractivity contribution in [1.29, 1.82) is 0 Å². The molecule has 1 aromatic rings. The van der Waals surface area contributed by atoms with Crippen LogP contribution in [-0.4, -0.2) is 49.0 Å². The summed E-state index contributed by atoms with van der Waals surface area (Å²) >= 11 is 1.77. The smallest absolute Gasteiger partial charge is 0.306 e. The van der Waals surface area contributed by atoms with E-state index in [0.29, 0.717) is 32.5 Å². The summed E-state index contributed by atoms with van der Waals surface area (Å²) < 4.78 is 5.19. The number of ether oxygens (including phenoxy) is 1. The Kier molecular flexibility index (Phi) is 12.4. The Balaban J connectivity index is 1.62. The summed E-state index contributed by atoms with van der Waals surface area (Å²) in [4.78, 5) is 36.3. The average Bonchev–Trinajstić information content (AvgIpc) is 2.82. The SMILES string of the molecule is CCOC(=O)CC(C)(CCSCCNC(=O)CCNC(=O)C1CCCCC1)c1ccccc1. The zero-order chi connectivity index (χ0) is 23.9. The number of carbonyl (C=O) groups is 3. The van der Waals surface area contributed by atoms with E-state index in [1.165, 1.54) is 6.42 Å². The molecule has 184 valence electrons. The van der Waals surface area contributed by atoms with Crippen molar-refractivity contribution in [2.24, 2.45) is 5.92 Å². The predicted molar refractivity (Wildman–Crippen MR) is 134 cm³/mol.